The molecule has 1 aromatic rings. The Hall–Kier alpha value is -2.94. The lowest BCUT2D eigenvalue weighted by atomic mass is 9.80. The van der Waals surface area contributed by atoms with Gasteiger partial charge in [-0.05, 0) is 38.1 Å². The molecule has 2 aliphatic rings. The monoisotopic (exact) mass is 435 g/mol. The molecule has 1 fully saturated rings. The largest absolute Gasteiger partial charge is 0.463 e. The van der Waals surface area contributed by atoms with Crippen LogP contribution in [-0.4, -0.2) is 49.6 Å². The van der Waals surface area contributed by atoms with Crippen molar-refractivity contribution >= 4 is 23.6 Å². The first-order valence-electron chi connectivity index (χ1n) is 10.1. The van der Waals surface area contributed by atoms with E-state index in [0.717, 1.165) is 0 Å². The van der Waals surface area contributed by atoms with Crippen molar-refractivity contribution in [3.8, 4) is 0 Å². The molecule has 0 radical (unpaired) electrons. The minimum absolute atomic E-state index is 0.146. The summed E-state index contributed by atoms with van der Waals surface area (Å²) in [5, 5.41) is 0. The quantitative estimate of drug-likeness (QED) is 0.498. The van der Waals surface area contributed by atoms with Gasteiger partial charge in [-0.3, -0.25) is 9.59 Å². The Morgan fingerprint density at radius 2 is 1.81 bits per heavy atom. The minimum Gasteiger partial charge on any atom is -0.463 e. The number of ether oxygens (including phenoxy) is 4. The summed E-state index contributed by atoms with van der Waals surface area (Å²) in [7, 11) is 0. The zero-order valence-electron chi connectivity index (χ0n) is 17.9. The van der Waals surface area contributed by atoms with Crippen LogP contribution in [0.2, 0.25) is 0 Å². The first-order valence-corrected chi connectivity index (χ1v) is 10.1. The minimum atomic E-state index is -0.835. The molecule has 0 amide bonds. The van der Waals surface area contributed by atoms with Crippen LogP contribution in [0.3, 0.4) is 0 Å². The lowest BCUT2D eigenvalue weighted by Gasteiger charge is -2.50. The third-order valence-electron chi connectivity index (χ3n) is 5.31. The molecule has 2 heterocycles. The smallest absolute Gasteiger partial charge is 0.336 e. The Morgan fingerprint density at radius 3 is 2.39 bits per heavy atom. The molecule has 0 aliphatic carbocycles. The van der Waals surface area contributed by atoms with Crippen molar-refractivity contribution in [1.82, 2.24) is 0 Å². The summed E-state index contributed by atoms with van der Waals surface area (Å²) in [5.74, 6) is -2.48. The molecule has 168 valence electrons. The molecule has 2 aliphatic heterocycles. The molecule has 9 heteroatoms. The highest BCUT2D eigenvalue weighted by Gasteiger charge is 2.51. The first-order chi connectivity index (χ1) is 14.7. The normalized spacial score (nSPS) is 25.1. The fraction of sp³-hybridized carbons (Fsp3) is 0.500. The third-order valence-corrected chi connectivity index (χ3v) is 5.31. The van der Waals surface area contributed by atoms with E-state index in [2.05, 4.69) is 0 Å². The van der Waals surface area contributed by atoms with Crippen LogP contribution >= 0.6 is 0 Å². The molecule has 1 saturated heterocycles. The van der Waals surface area contributed by atoms with Gasteiger partial charge >= 0.3 is 17.9 Å². The molecule has 0 aromatic heterocycles. The van der Waals surface area contributed by atoms with Crippen molar-refractivity contribution in [1.29, 1.82) is 0 Å². The molecule has 3 rings (SSSR count). The van der Waals surface area contributed by atoms with Crippen LogP contribution in [0.25, 0.3) is 0 Å². The average Bonchev–Trinajstić information content (AvgIpc) is 2.69. The second-order valence-corrected chi connectivity index (χ2v) is 7.41. The van der Waals surface area contributed by atoms with E-state index in [1.165, 1.54) is 26.0 Å². The van der Waals surface area contributed by atoms with Crippen LogP contribution in [0, 0.1) is 11.7 Å². The van der Waals surface area contributed by atoms with Crippen molar-refractivity contribution in [2.24, 2.45) is 5.92 Å². The van der Waals surface area contributed by atoms with Gasteiger partial charge in [0.05, 0.1) is 12.2 Å². The van der Waals surface area contributed by atoms with E-state index < -0.39 is 48.1 Å². The van der Waals surface area contributed by atoms with Gasteiger partial charge in [0.1, 0.15) is 30.9 Å². The molecule has 0 spiro atoms. The number of fused-ring (bicyclic) bond motifs is 2. The number of anilines is 1. The van der Waals surface area contributed by atoms with Crippen molar-refractivity contribution in [2.75, 3.05) is 18.1 Å². The number of benzene rings is 1. The van der Waals surface area contributed by atoms with Crippen molar-refractivity contribution in [2.45, 2.75) is 52.6 Å². The summed E-state index contributed by atoms with van der Waals surface area (Å²) in [6.07, 6.45) is -1.84. The van der Waals surface area contributed by atoms with Gasteiger partial charge in [-0.25, -0.2) is 9.18 Å². The van der Waals surface area contributed by atoms with Gasteiger partial charge < -0.3 is 23.8 Å². The van der Waals surface area contributed by atoms with E-state index in [4.69, 9.17) is 18.9 Å². The van der Waals surface area contributed by atoms with Crippen LogP contribution in [0.4, 0.5) is 10.1 Å². The number of hydrogen-bond donors (Lipinski definition) is 0. The van der Waals surface area contributed by atoms with Crippen LogP contribution in [0.15, 0.2) is 35.5 Å². The predicted molar refractivity (Wildman–Crippen MR) is 107 cm³/mol. The van der Waals surface area contributed by atoms with E-state index in [-0.39, 0.29) is 13.2 Å². The summed E-state index contributed by atoms with van der Waals surface area (Å²) in [6.45, 7) is 6.01. The Balaban J connectivity index is 2.08. The van der Waals surface area contributed by atoms with E-state index in [0.29, 0.717) is 23.4 Å². The molecule has 8 nitrogen and oxygen atoms in total. The molecule has 0 saturated carbocycles. The van der Waals surface area contributed by atoms with Gasteiger partial charge in [-0.1, -0.05) is 0 Å². The number of halogens is 1. The van der Waals surface area contributed by atoms with E-state index in [1.54, 1.807) is 30.9 Å². The average molecular weight is 435 g/mol. The standard InChI is InChI=1S/C22H26FNO7/c1-5-28-22(27)20-12(2)24(16-8-6-15(23)7-9-16)19-10-17(20)21(30-14(4)26)18(31-19)11-29-13(3)25/h6-9,17-19,21H,5,10-11H2,1-4H3/t17?,18-,19?,21+/m1/s1. The first kappa shape index (κ1) is 22.7. The topological polar surface area (TPSA) is 91.4 Å². The van der Waals surface area contributed by atoms with Crippen molar-refractivity contribution < 1.29 is 37.7 Å². The molecule has 31 heavy (non-hydrogen) atoms. The molecule has 1 aromatic carbocycles. The van der Waals surface area contributed by atoms with Gasteiger partial charge in [-0.15, -0.1) is 0 Å². The van der Waals surface area contributed by atoms with Gasteiger partial charge in [0, 0.05) is 37.6 Å². The molecule has 0 N–H and O–H groups in total. The maximum atomic E-state index is 13.5. The summed E-state index contributed by atoms with van der Waals surface area (Å²) >= 11 is 0. The second-order valence-electron chi connectivity index (χ2n) is 7.41. The zero-order valence-corrected chi connectivity index (χ0v) is 17.9. The Bertz CT molecular complexity index is 882. The summed E-state index contributed by atoms with van der Waals surface area (Å²) in [4.78, 5) is 37.9. The lowest BCUT2D eigenvalue weighted by molar-refractivity contribution is -0.193. The maximum absolute atomic E-state index is 13.5. The third kappa shape index (κ3) is 4.87. The van der Waals surface area contributed by atoms with Gasteiger partial charge in [0.25, 0.3) is 0 Å². The number of esters is 3. The van der Waals surface area contributed by atoms with Gasteiger partial charge in [0.2, 0.25) is 0 Å². The summed E-state index contributed by atoms with van der Waals surface area (Å²) < 4.78 is 35.6. The fourth-order valence-corrected chi connectivity index (χ4v) is 4.16. The summed E-state index contributed by atoms with van der Waals surface area (Å²) in [5.41, 5.74) is 1.54. The van der Waals surface area contributed by atoms with Crippen molar-refractivity contribution in [3.05, 3.63) is 41.4 Å². The van der Waals surface area contributed by atoms with Crippen molar-refractivity contribution in [3.63, 3.8) is 0 Å². The number of carbonyl (C=O) groups is 3. The fourth-order valence-electron chi connectivity index (χ4n) is 4.16. The number of rotatable bonds is 6. The van der Waals surface area contributed by atoms with Gasteiger partial charge in [0.15, 0.2) is 0 Å². The highest BCUT2D eigenvalue weighted by Crippen LogP contribution is 2.44. The van der Waals surface area contributed by atoms with Crippen LogP contribution in [-0.2, 0) is 33.3 Å². The number of hydrogen-bond acceptors (Lipinski definition) is 8. The molecule has 2 unspecified atom stereocenters. The second kappa shape index (κ2) is 9.47. The van der Waals surface area contributed by atoms with Gasteiger partial charge in [-0.2, -0.15) is 0 Å². The molecular formula is C22H26FNO7. The molecule has 2 bridgehead atoms. The van der Waals surface area contributed by atoms with Crippen LogP contribution in [0.5, 0.6) is 0 Å². The van der Waals surface area contributed by atoms with E-state index in [1.807, 2.05) is 0 Å². The lowest BCUT2D eigenvalue weighted by Crippen LogP contribution is -2.58. The predicted octanol–water partition coefficient (Wildman–Crippen LogP) is 2.71. The Labute approximate surface area is 179 Å². The van der Waals surface area contributed by atoms with Crippen LogP contribution in [0.1, 0.15) is 34.1 Å². The number of allylic oxidation sites excluding steroid dienone is 1. The Morgan fingerprint density at radius 1 is 1.13 bits per heavy atom. The zero-order chi connectivity index (χ0) is 22.7. The van der Waals surface area contributed by atoms with E-state index >= 15 is 0 Å². The Kier molecular flexibility index (Phi) is 6.94. The highest BCUT2D eigenvalue weighted by molar-refractivity contribution is 5.91. The number of carbonyl (C=O) groups excluding carboxylic acids is 3. The van der Waals surface area contributed by atoms with E-state index in [9.17, 15) is 18.8 Å². The SMILES string of the molecule is CCOC(=O)C1=C(C)N(c2ccc(F)cc2)C2CC1[C@H](OC(C)=O)[C@@H](COC(C)=O)O2. The highest BCUT2D eigenvalue weighted by atomic mass is 19.1. The maximum Gasteiger partial charge on any atom is 0.336 e. The number of nitrogens with zero attached hydrogens (tertiary/aromatic N) is 1. The molecular weight excluding hydrogens is 409 g/mol. The summed E-state index contributed by atoms with van der Waals surface area (Å²) in [6, 6.07) is 5.81. The molecule has 4 atom stereocenters. The van der Waals surface area contributed by atoms with Crippen LogP contribution < -0.4 is 4.90 Å².